The quantitative estimate of drug-likeness (QED) is 0.725. The number of nitrogens with zero attached hydrogens (tertiary/aromatic N) is 2. The molecule has 0 unspecified atom stereocenters. The summed E-state index contributed by atoms with van der Waals surface area (Å²) in [6, 6.07) is 19.5. The van der Waals surface area contributed by atoms with Gasteiger partial charge in [0.1, 0.15) is 0 Å². The van der Waals surface area contributed by atoms with Crippen molar-refractivity contribution in [3.63, 3.8) is 0 Å². The number of amides is 1. The molecule has 1 heterocycles. The lowest BCUT2D eigenvalue weighted by molar-refractivity contribution is -0.120. The van der Waals surface area contributed by atoms with E-state index in [-0.39, 0.29) is 12.3 Å². The summed E-state index contributed by atoms with van der Waals surface area (Å²) in [6.07, 6.45) is 0.264. The molecule has 0 atom stereocenters. The van der Waals surface area contributed by atoms with Crippen molar-refractivity contribution in [1.82, 2.24) is 10.4 Å². The van der Waals surface area contributed by atoms with Gasteiger partial charge in [-0.15, -0.1) is 11.3 Å². The number of aryl methyl sites for hydroxylation is 1. The maximum absolute atomic E-state index is 12.4. The first-order valence-electron chi connectivity index (χ1n) is 7.33. The van der Waals surface area contributed by atoms with Crippen molar-refractivity contribution in [3.8, 4) is 0 Å². The average Bonchev–Trinajstić information content (AvgIpc) is 2.99. The van der Waals surface area contributed by atoms with Crippen LogP contribution in [-0.2, 0) is 11.2 Å². The number of rotatable bonds is 5. The van der Waals surface area contributed by atoms with Gasteiger partial charge in [-0.25, -0.2) is 4.98 Å². The van der Waals surface area contributed by atoms with Gasteiger partial charge in [0, 0.05) is 5.38 Å². The van der Waals surface area contributed by atoms with Crippen molar-refractivity contribution in [2.24, 2.45) is 0 Å². The van der Waals surface area contributed by atoms with Crippen LogP contribution in [0.2, 0.25) is 0 Å². The number of benzene rings is 2. The topological polar surface area (TPSA) is 45.2 Å². The third-order valence-corrected chi connectivity index (χ3v) is 4.10. The van der Waals surface area contributed by atoms with Gasteiger partial charge in [0.25, 0.3) is 0 Å². The summed E-state index contributed by atoms with van der Waals surface area (Å²) >= 11 is 1.55. The van der Waals surface area contributed by atoms with Gasteiger partial charge in [-0.1, -0.05) is 36.4 Å². The zero-order valence-corrected chi connectivity index (χ0v) is 13.6. The Kier molecular flexibility index (Phi) is 4.68. The molecular weight excluding hydrogens is 306 g/mol. The van der Waals surface area contributed by atoms with Crippen LogP contribution in [0.25, 0.3) is 0 Å². The minimum absolute atomic E-state index is 0.0944. The lowest BCUT2D eigenvalue weighted by atomic mass is 10.2. The second kappa shape index (κ2) is 7.07. The van der Waals surface area contributed by atoms with E-state index in [1.54, 1.807) is 16.3 Å². The lowest BCUT2D eigenvalue weighted by Crippen LogP contribution is -2.39. The molecule has 1 N–H and O–H groups in total. The number of thiazole rings is 1. The fourth-order valence-electron chi connectivity index (χ4n) is 2.25. The fourth-order valence-corrected chi connectivity index (χ4v) is 2.86. The monoisotopic (exact) mass is 323 g/mol. The van der Waals surface area contributed by atoms with Crippen molar-refractivity contribution in [1.29, 1.82) is 0 Å². The molecule has 1 amide bonds. The maximum atomic E-state index is 12.4. The number of carbonyl (C=O) groups is 1. The minimum Gasteiger partial charge on any atom is -0.273 e. The number of aromatic nitrogens is 1. The van der Waals surface area contributed by atoms with Gasteiger partial charge in [-0.2, -0.15) is 0 Å². The Balaban J connectivity index is 1.80. The highest BCUT2D eigenvalue weighted by atomic mass is 32.1. The Morgan fingerprint density at radius 2 is 1.61 bits per heavy atom. The summed E-state index contributed by atoms with van der Waals surface area (Å²) in [4.78, 5) is 16.7. The van der Waals surface area contributed by atoms with E-state index in [0.717, 1.165) is 22.1 Å². The molecule has 0 aliphatic carbocycles. The Morgan fingerprint density at radius 3 is 2.09 bits per heavy atom. The Hall–Kier alpha value is -2.66. The molecule has 116 valence electrons. The molecule has 0 aliphatic heterocycles. The predicted molar refractivity (Wildman–Crippen MR) is 93.7 cm³/mol. The van der Waals surface area contributed by atoms with Gasteiger partial charge in [0.05, 0.1) is 28.5 Å². The molecule has 2 aromatic carbocycles. The molecule has 0 saturated carbocycles. The molecule has 0 spiro atoms. The van der Waals surface area contributed by atoms with Gasteiger partial charge in [-0.3, -0.25) is 15.2 Å². The highest BCUT2D eigenvalue weighted by molar-refractivity contribution is 7.09. The summed E-state index contributed by atoms with van der Waals surface area (Å²) in [5.41, 5.74) is 5.57. The van der Waals surface area contributed by atoms with Crippen molar-refractivity contribution in [2.75, 3.05) is 5.01 Å². The van der Waals surface area contributed by atoms with E-state index in [2.05, 4.69) is 10.4 Å². The Morgan fingerprint density at radius 1 is 1.04 bits per heavy atom. The van der Waals surface area contributed by atoms with Gasteiger partial charge >= 0.3 is 0 Å². The number of para-hydroxylation sites is 2. The van der Waals surface area contributed by atoms with Crippen molar-refractivity contribution >= 4 is 28.6 Å². The molecule has 4 nitrogen and oxygen atoms in total. The Bertz CT molecular complexity index is 732. The lowest BCUT2D eigenvalue weighted by Gasteiger charge is -2.25. The number of carbonyl (C=O) groups excluding carboxylic acids is 1. The third-order valence-electron chi connectivity index (χ3n) is 3.27. The number of hydrazine groups is 1. The van der Waals surface area contributed by atoms with Crippen LogP contribution < -0.4 is 10.4 Å². The fraction of sp³-hybridized carbons (Fsp3) is 0.111. The molecule has 0 fully saturated rings. The third kappa shape index (κ3) is 3.96. The van der Waals surface area contributed by atoms with Crippen LogP contribution in [0, 0.1) is 6.92 Å². The first-order valence-corrected chi connectivity index (χ1v) is 8.21. The molecule has 1 aromatic heterocycles. The molecule has 0 saturated heterocycles. The van der Waals surface area contributed by atoms with E-state index in [1.807, 2.05) is 73.0 Å². The first kappa shape index (κ1) is 15.2. The predicted octanol–water partition coefficient (Wildman–Crippen LogP) is 3.86. The van der Waals surface area contributed by atoms with E-state index in [4.69, 9.17) is 0 Å². The van der Waals surface area contributed by atoms with E-state index >= 15 is 0 Å². The van der Waals surface area contributed by atoms with Gasteiger partial charge in [0.2, 0.25) is 5.91 Å². The largest absolute Gasteiger partial charge is 0.273 e. The zero-order chi connectivity index (χ0) is 16.1. The van der Waals surface area contributed by atoms with E-state index in [0.29, 0.717) is 0 Å². The second-order valence-electron chi connectivity index (χ2n) is 5.08. The average molecular weight is 323 g/mol. The van der Waals surface area contributed by atoms with E-state index < -0.39 is 0 Å². The summed E-state index contributed by atoms with van der Waals surface area (Å²) < 4.78 is 0. The minimum atomic E-state index is -0.0944. The van der Waals surface area contributed by atoms with Gasteiger partial charge in [-0.05, 0) is 31.2 Å². The molecule has 0 radical (unpaired) electrons. The summed E-state index contributed by atoms with van der Waals surface area (Å²) in [6.45, 7) is 1.94. The molecule has 5 heteroatoms. The van der Waals surface area contributed by atoms with Crippen LogP contribution in [0.15, 0.2) is 66.0 Å². The van der Waals surface area contributed by atoms with Gasteiger partial charge in [0.15, 0.2) is 0 Å². The van der Waals surface area contributed by atoms with Gasteiger partial charge < -0.3 is 0 Å². The maximum Gasteiger partial charge on any atom is 0.244 e. The van der Waals surface area contributed by atoms with Crippen molar-refractivity contribution < 1.29 is 4.79 Å². The molecular formula is C18H17N3OS. The zero-order valence-electron chi connectivity index (χ0n) is 12.8. The highest BCUT2D eigenvalue weighted by Crippen LogP contribution is 2.22. The van der Waals surface area contributed by atoms with E-state index in [9.17, 15) is 4.79 Å². The normalized spacial score (nSPS) is 10.3. The Labute approximate surface area is 139 Å². The van der Waals surface area contributed by atoms with Crippen LogP contribution in [-0.4, -0.2) is 10.9 Å². The van der Waals surface area contributed by atoms with Crippen LogP contribution in [0.5, 0.6) is 0 Å². The van der Waals surface area contributed by atoms with Crippen LogP contribution in [0.1, 0.15) is 10.7 Å². The standard InChI is InChI=1S/C18H17N3OS/c1-14-19-15(13-23-14)12-18(22)20-21(16-8-4-2-5-9-16)17-10-6-3-7-11-17/h2-11,13H,12H2,1H3,(H,20,22). The molecule has 3 rings (SSSR count). The van der Waals surface area contributed by atoms with Crippen LogP contribution >= 0.6 is 11.3 Å². The number of nitrogens with one attached hydrogen (secondary N) is 1. The molecule has 23 heavy (non-hydrogen) atoms. The molecule has 0 bridgehead atoms. The number of hydrogen-bond donors (Lipinski definition) is 1. The number of hydrogen-bond acceptors (Lipinski definition) is 4. The van der Waals surface area contributed by atoms with Crippen LogP contribution in [0.4, 0.5) is 11.4 Å². The summed E-state index contributed by atoms with van der Waals surface area (Å²) in [7, 11) is 0. The molecule has 3 aromatic rings. The van der Waals surface area contributed by atoms with Crippen molar-refractivity contribution in [3.05, 3.63) is 76.7 Å². The van der Waals surface area contributed by atoms with Crippen LogP contribution in [0.3, 0.4) is 0 Å². The SMILES string of the molecule is Cc1nc(CC(=O)NN(c2ccccc2)c2ccccc2)cs1. The molecule has 0 aliphatic rings. The summed E-state index contributed by atoms with van der Waals surface area (Å²) in [5, 5.41) is 4.68. The first-order chi connectivity index (χ1) is 11.2. The van der Waals surface area contributed by atoms with E-state index in [1.165, 1.54) is 0 Å². The smallest absolute Gasteiger partial charge is 0.244 e. The highest BCUT2D eigenvalue weighted by Gasteiger charge is 2.13. The summed E-state index contributed by atoms with van der Waals surface area (Å²) in [5.74, 6) is -0.0944. The second-order valence-corrected chi connectivity index (χ2v) is 6.14. The van der Waals surface area contributed by atoms with Crippen molar-refractivity contribution in [2.45, 2.75) is 13.3 Å². The number of anilines is 2.